The molecule has 6 nitrogen and oxygen atoms in total. The van der Waals surface area contributed by atoms with Crippen molar-refractivity contribution in [1.82, 2.24) is 10.2 Å². The molecule has 0 spiro atoms. The molecule has 1 saturated heterocycles. The Kier molecular flexibility index (Phi) is 7.53. The third-order valence-corrected chi connectivity index (χ3v) is 8.05. The third-order valence-electron chi connectivity index (χ3n) is 8.05. The number of morpholine rings is 1. The van der Waals surface area contributed by atoms with Crippen molar-refractivity contribution in [2.75, 3.05) is 36.1 Å². The summed E-state index contributed by atoms with van der Waals surface area (Å²) in [6.45, 7) is 10.1. The summed E-state index contributed by atoms with van der Waals surface area (Å²) in [4.78, 5) is 3.72. The van der Waals surface area contributed by atoms with E-state index in [4.69, 9.17) is 9.15 Å². The molecule has 11 heteroatoms. The van der Waals surface area contributed by atoms with E-state index in [1.165, 1.54) is 30.3 Å². The monoisotopic (exact) mass is 608 g/mol. The molecular formula is C33H29F5N4O2. The van der Waals surface area contributed by atoms with Gasteiger partial charge in [0.15, 0.2) is 0 Å². The van der Waals surface area contributed by atoms with Gasteiger partial charge < -0.3 is 19.0 Å². The molecule has 3 heterocycles. The number of allylic oxidation sites excluding steroid dienone is 2. The first-order chi connectivity index (χ1) is 20.9. The molecule has 0 atom stereocenters. The van der Waals surface area contributed by atoms with Gasteiger partial charge in [0, 0.05) is 31.4 Å². The SMILES string of the molecule is C=C1C(c2nnc(C(C)(C)c3ccc(F)cc3)o2)=CN(Cc2ccc(C(F)(F)F)cc2)c2cc(N3CCOCC3)c(F)cc21. The number of aromatic nitrogens is 2. The van der Waals surface area contributed by atoms with Crippen LogP contribution < -0.4 is 9.80 Å². The second kappa shape index (κ2) is 11.2. The normalized spacial score (nSPS) is 15.8. The maximum absolute atomic E-state index is 15.6. The highest BCUT2D eigenvalue weighted by atomic mass is 19.4. The van der Waals surface area contributed by atoms with Crippen LogP contribution in [0.25, 0.3) is 11.1 Å². The average Bonchev–Trinajstić information content (AvgIpc) is 3.50. The van der Waals surface area contributed by atoms with Gasteiger partial charge in [0.1, 0.15) is 11.6 Å². The molecule has 0 bridgehead atoms. The Balaban J connectivity index is 1.40. The fourth-order valence-electron chi connectivity index (χ4n) is 5.41. The fourth-order valence-corrected chi connectivity index (χ4v) is 5.41. The minimum Gasteiger partial charge on any atom is -0.420 e. The highest BCUT2D eigenvalue weighted by molar-refractivity contribution is 6.08. The molecule has 0 radical (unpaired) electrons. The second-order valence-electron chi connectivity index (χ2n) is 11.3. The summed E-state index contributed by atoms with van der Waals surface area (Å²) >= 11 is 0. The molecule has 228 valence electrons. The number of alkyl halides is 3. The minimum atomic E-state index is -4.46. The largest absolute Gasteiger partial charge is 0.420 e. The predicted octanol–water partition coefficient (Wildman–Crippen LogP) is 7.60. The van der Waals surface area contributed by atoms with E-state index in [0.29, 0.717) is 60.0 Å². The van der Waals surface area contributed by atoms with E-state index in [1.54, 1.807) is 24.4 Å². The molecule has 0 unspecified atom stereocenters. The Morgan fingerprint density at radius 3 is 2.18 bits per heavy atom. The number of nitrogens with zero attached hydrogens (tertiary/aromatic N) is 4. The van der Waals surface area contributed by atoms with Gasteiger partial charge in [-0.05, 0) is 66.9 Å². The van der Waals surface area contributed by atoms with Crippen LogP contribution in [0.5, 0.6) is 0 Å². The van der Waals surface area contributed by atoms with Crippen molar-refractivity contribution in [2.24, 2.45) is 0 Å². The van der Waals surface area contributed by atoms with Gasteiger partial charge in [-0.1, -0.05) is 30.8 Å². The summed E-state index contributed by atoms with van der Waals surface area (Å²) < 4.78 is 80.4. The fraction of sp³-hybridized carbons (Fsp3) is 0.273. The number of fused-ring (bicyclic) bond motifs is 1. The van der Waals surface area contributed by atoms with Crippen molar-refractivity contribution in [3.8, 4) is 0 Å². The summed E-state index contributed by atoms with van der Waals surface area (Å²) in [5.41, 5.74) is 2.27. The maximum atomic E-state index is 15.6. The van der Waals surface area contributed by atoms with Crippen molar-refractivity contribution in [3.05, 3.63) is 119 Å². The predicted molar refractivity (Wildman–Crippen MR) is 157 cm³/mol. The molecule has 0 saturated carbocycles. The third kappa shape index (κ3) is 5.59. The van der Waals surface area contributed by atoms with Crippen molar-refractivity contribution in [2.45, 2.75) is 32.0 Å². The Bertz CT molecular complexity index is 1720. The summed E-state index contributed by atoms with van der Waals surface area (Å²) in [5, 5.41) is 8.56. The van der Waals surface area contributed by atoms with E-state index in [1.807, 2.05) is 23.6 Å². The quantitative estimate of drug-likeness (QED) is 0.210. The number of ether oxygens (including phenoxy) is 1. The molecule has 3 aromatic carbocycles. The van der Waals surface area contributed by atoms with Gasteiger partial charge in [-0.2, -0.15) is 13.2 Å². The molecule has 44 heavy (non-hydrogen) atoms. The number of rotatable bonds is 6. The van der Waals surface area contributed by atoms with Crippen LogP contribution in [-0.2, 0) is 22.9 Å². The molecule has 0 N–H and O–H groups in total. The molecule has 0 aliphatic carbocycles. The van der Waals surface area contributed by atoms with Crippen LogP contribution in [0, 0.1) is 11.6 Å². The van der Waals surface area contributed by atoms with Crippen LogP contribution in [0.4, 0.5) is 33.3 Å². The molecule has 2 aliphatic rings. The van der Waals surface area contributed by atoms with E-state index in [-0.39, 0.29) is 24.1 Å². The summed E-state index contributed by atoms with van der Waals surface area (Å²) in [6, 6.07) is 14.1. The van der Waals surface area contributed by atoms with Gasteiger partial charge in [-0.15, -0.1) is 10.2 Å². The van der Waals surface area contributed by atoms with Crippen LogP contribution in [0.1, 0.15) is 47.9 Å². The molecule has 2 aliphatic heterocycles. The molecule has 6 rings (SSSR count). The van der Waals surface area contributed by atoms with Crippen molar-refractivity contribution in [1.29, 1.82) is 0 Å². The summed E-state index contributed by atoms with van der Waals surface area (Å²) in [6.07, 6.45) is -2.71. The van der Waals surface area contributed by atoms with Crippen molar-refractivity contribution in [3.63, 3.8) is 0 Å². The number of anilines is 2. The van der Waals surface area contributed by atoms with Gasteiger partial charge in [-0.3, -0.25) is 0 Å². The lowest BCUT2D eigenvalue weighted by Gasteiger charge is -2.34. The molecule has 0 amide bonds. The lowest BCUT2D eigenvalue weighted by molar-refractivity contribution is -0.137. The molecule has 1 fully saturated rings. The van der Waals surface area contributed by atoms with Gasteiger partial charge in [0.05, 0.1) is 41.1 Å². The summed E-state index contributed by atoms with van der Waals surface area (Å²) in [5.74, 6) is -0.385. The Labute approximate surface area is 251 Å². The first-order valence-corrected chi connectivity index (χ1v) is 14.0. The van der Waals surface area contributed by atoms with E-state index >= 15 is 4.39 Å². The Morgan fingerprint density at radius 1 is 0.864 bits per heavy atom. The molecule has 4 aromatic rings. The average molecular weight is 609 g/mol. The van der Waals surface area contributed by atoms with Gasteiger partial charge in [0.25, 0.3) is 0 Å². The first-order valence-electron chi connectivity index (χ1n) is 14.0. The maximum Gasteiger partial charge on any atom is 0.416 e. The zero-order valence-corrected chi connectivity index (χ0v) is 24.1. The number of hydrogen-bond donors (Lipinski definition) is 0. The first kappa shape index (κ1) is 29.6. The zero-order chi connectivity index (χ0) is 31.2. The van der Waals surface area contributed by atoms with E-state index < -0.39 is 23.0 Å². The standard InChI is InChI=1S/C33H29F5N4O2/c1-20-25-16-27(35)29(41-12-14-43-15-13-41)17-28(25)42(18-21-4-6-23(7-5-21)33(36,37)38)19-26(20)30-39-40-31(44-30)32(2,3)22-8-10-24(34)11-9-22/h4-11,16-17,19H,1,12-15,18H2,2-3H3. The van der Waals surface area contributed by atoms with Gasteiger partial charge >= 0.3 is 6.18 Å². The van der Waals surface area contributed by atoms with Crippen LogP contribution in [0.3, 0.4) is 0 Å². The number of benzene rings is 3. The lowest BCUT2D eigenvalue weighted by atomic mass is 9.84. The van der Waals surface area contributed by atoms with E-state index in [9.17, 15) is 17.6 Å². The van der Waals surface area contributed by atoms with Crippen LogP contribution >= 0.6 is 0 Å². The Hall–Kier alpha value is -4.51. The Morgan fingerprint density at radius 2 is 1.52 bits per heavy atom. The van der Waals surface area contributed by atoms with Crippen LogP contribution in [-0.4, -0.2) is 36.5 Å². The number of halogens is 5. The van der Waals surface area contributed by atoms with Gasteiger partial charge in [-0.25, -0.2) is 8.78 Å². The van der Waals surface area contributed by atoms with Crippen LogP contribution in [0.15, 0.2) is 77.9 Å². The smallest absolute Gasteiger partial charge is 0.416 e. The number of hydrogen-bond acceptors (Lipinski definition) is 6. The van der Waals surface area contributed by atoms with E-state index in [0.717, 1.165) is 17.7 Å². The van der Waals surface area contributed by atoms with Gasteiger partial charge in [0.2, 0.25) is 11.8 Å². The highest BCUT2D eigenvalue weighted by Gasteiger charge is 2.33. The summed E-state index contributed by atoms with van der Waals surface area (Å²) in [7, 11) is 0. The second-order valence-corrected chi connectivity index (χ2v) is 11.3. The van der Waals surface area contributed by atoms with E-state index in [2.05, 4.69) is 16.8 Å². The molecule has 1 aromatic heterocycles. The van der Waals surface area contributed by atoms with Crippen molar-refractivity contribution >= 4 is 22.5 Å². The topological polar surface area (TPSA) is 54.6 Å². The molecular weight excluding hydrogens is 579 g/mol. The highest BCUT2D eigenvalue weighted by Crippen LogP contribution is 2.44. The minimum absolute atomic E-state index is 0.140. The lowest BCUT2D eigenvalue weighted by Crippen LogP contribution is -2.37. The van der Waals surface area contributed by atoms with Crippen molar-refractivity contribution < 1.29 is 31.1 Å². The van der Waals surface area contributed by atoms with Crippen LogP contribution in [0.2, 0.25) is 0 Å². The zero-order valence-electron chi connectivity index (χ0n) is 24.1.